The van der Waals surface area contributed by atoms with Gasteiger partial charge in [-0.25, -0.2) is 4.68 Å². The molecule has 0 saturated heterocycles. The molecule has 29 heavy (non-hydrogen) atoms. The summed E-state index contributed by atoms with van der Waals surface area (Å²) < 4.78 is 7.05. The molecule has 1 heterocycles. The van der Waals surface area contributed by atoms with Crippen molar-refractivity contribution in [3.05, 3.63) is 58.1 Å². The zero-order chi connectivity index (χ0) is 20.4. The molecule has 10 nitrogen and oxygen atoms in total. The molecule has 1 aliphatic rings. The van der Waals surface area contributed by atoms with Gasteiger partial charge in [-0.05, 0) is 66.6 Å². The summed E-state index contributed by atoms with van der Waals surface area (Å²) >= 11 is 0. The molecule has 0 aliphatic heterocycles. The maximum absolute atomic E-state index is 12.5. The summed E-state index contributed by atoms with van der Waals surface area (Å²) in [5, 5.41) is 25.8. The fourth-order valence-corrected chi connectivity index (χ4v) is 2.93. The van der Waals surface area contributed by atoms with Crippen molar-refractivity contribution >= 4 is 17.3 Å². The van der Waals surface area contributed by atoms with Crippen LogP contribution in [0.4, 0.5) is 11.4 Å². The molecule has 1 aliphatic carbocycles. The van der Waals surface area contributed by atoms with Gasteiger partial charge in [-0.1, -0.05) is 0 Å². The Kier molecular flexibility index (Phi) is 4.90. The first kappa shape index (κ1) is 18.5. The lowest BCUT2D eigenvalue weighted by molar-refractivity contribution is -0.385. The standard InChI is InChI=1S/C19H18N6O4/c1-2-29-17-10-5-13(11-16(17)25(27)28)19(26)20-14-6-3-12(4-7-14)18-21-22-23-24(18)15-8-9-15/h3-7,10-11,15H,2,8-9H2,1H3,(H,20,26). The average molecular weight is 394 g/mol. The number of hydrogen-bond acceptors (Lipinski definition) is 7. The largest absolute Gasteiger partial charge is 0.487 e. The monoisotopic (exact) mass is 394 g/mol. The molecule has 1 fully saturated rings. The van der Waals surface area contributed by atoms with Gasteiger partial charge in [0.05, 0.1) is 17.6 Å². The number of nitro groups is 1. The molecule has 0 atom stereocenters. The van der Waals surface area contributed by atoms with Gasteiger partial charge in [0.15, 0.2) is 11.6 Å². The highest BCUT2D eigenvalue weighted by molar-refractivity contribution is 6.04. The minimum absolute atomic E-state index is 0.131. The summed E-state index contributed by atoms with van der Waals surface area (Å²) in [6.07, 6.45) is 2.14. The van der Waals surface area contributed by atoms with E-state index in [-0.39, 0.29) is 17.0 Å². The van der Waals surface area contributed by atoms with E-state index in [0.29, 0.717) is 24.2 Å². The number of tetrazole rings is 1. The van der Waals surface area contributed by atoms with Crippen LogP contribution in [0.15, 0.2) is 42.5 Å². The highest BCUT2D eigenvalue weighted by Crippen LogP contribution is 2.36. The Labute approximate surface area is 165 Å². The van der Waals surface area contributed by atoms with Crippen LogP contribution in [0, 0.1) is 10.1 Å². The Morgan fingerprint density at radius 1 is 1.28 bits per heavy atom. The Hall–Kier alpha value is -3.82. The first-order valence-electron chi connectivity index (χ1n) is 9.17. The molecule has 0 radical (unpaired) electrons. The quantitative estimate of drug-likeness (QED) is 0.482. The zero-order valence-corrected chi connectivity index (χ0v) is 15.6. The maximum atomic E-state index is 12.5. The Morgan fingerprint density at radius 2 is 2.03 bits per heavy atom. The van der Waals surface area contributed by atoms with Crippen molar-refractivity contribution in [2.75, 3.05) is 11.9 Å². The van der Waals surface area contributed by atoms with Gasteiger partial charge in [-0.2, -0.15) is 0 Å². The Balaban J connectivity index is 1.50. The van der Waals surface area contributed by atoms with Crippen molar-refractivity contribution < 1.29 is 14.5 Å². The van der Waals surface area contributed by atoms with Crippen molar-refractivity contribution in [1.82, 2.24) is 20.2 Å². The van der Waals surface area contributed by atoms with E-state index < -0.39 is 10.8 Å². The number of anilines is 1. The van der Waals surface area contributed by atoms with Gasteiger partial charge in [-0.15, -0.1) is 5.10 Å². The first-order chi connectivity index (χ1) is 14.1. The van der Waals surface area contributed by atoms with Crippen LogP contribution in [0.25, 0.3) is 11.4 Å². The van der Waals surface area contributed by atoms with E-state index in [1.165, 1.54) is 18.2 Å². The summed E-state index contributed by atoms with van der Waals surface area (Å²) in [4.78, 5) is 23.2. The van der Waals surface area contributed by atoms with Crippen molar-refractivity contribution in [2.45, 2.75) is 25.8 Å². The predicted octanol–water partition coefficient (Wildman–Crippen LogP) is 3.23. The summed E-state index contributed by atoms with van der Waals surface area (Å²) in [6, 6.07) is 11.6. The Morgan fingerprint density at radius 3 is 2.69 bits per heavy atom. The minimum Gasteiger partial charge on any atom is -0.487 e. The number of carbonyl (C=O) groups is 1. The van der Waals surface area contributed by atoms with E-state index in [1.807, 2.05) is 16.8 Å². The van der Waals surface area contributed by atoms with Gasteiger partial charge in [0.2, 0.25) is 0 Å². The normalized spacial score (nSPS) is 13.1. The third-order valence-electron chi connectivity index (χ3n) is 4.50. The van der Waals surface area contributed by atoms with E-state index in [2.05, 4.69) is 20.8 Å². The van der Waals surface area contributed by atoms with Crippen LogP contribution in [-0.2, 0) is 0 Å². The number of nitro benzene ring substituents is 1. The topological polar surface area (TPSA) is 125 Å². The first-order valence-corrected chi connectivity index (χ1v) is 9.17. The van der Waals surface area contributed by atoms with Gasteiger partial charge >= 0.3 is 5.69 Å². The van der Waals surface area contributed by atoms with Gasteiger partial charge in [0.25, 0.3) is 5.91 Å². The van der Waals surface area contributed by atoms with Crippen LogP contribution in [0.1, 0.15) is 36.2 Å². The number of carbonyl (C=O) groups excluding carboxylic acids is 1. The summed E-state index contributed by atoms with van der Waals surface area (Å²) in [6.45, 7) is 2.03. The average Bonchev–Trinajstić information content (AvgIpc) is 3.45. The summed E-state index contributed by atoms with van der Waals surface area (Å²) in [7, 11) is 0. The minimum atomic E-state index is -0.569. The number of nitrogens with zero attached hydrogens (tertiary/aromatic N) is 5. The zero-order valence-electron chi connectivity index (χ0n) is 15.6. The molecule has 4 rings (SSSR count). The van der Waals surface area contributed by atoms with Crippen molar-refractivity contribution in [1.29, 1.82) is 0 Å². The third kappa shape index (κ3) is 3.91. The summed E-state index contributed by atoms with van der Waals surface area (Å²) in [5.41, 5.74) is 1.32. The van der Waals surface area contributed by atoms with Crippen LogP contribution >= 0.6 is 0 Å². The van der Waals surface area contributed by atoms with Gasteiger partial charge < -0.3 is 10.1 Å². The lowest BCUT2D eigenvalue weighted by atomic mass is 10.1. The van der Waals surface area contributed by atoms with Crippen molar-refractivity contribution in [3.8, 4) is 17.1 Å². The number of rotatable bonds is 7. The number of amides is 1. The molecule has 1 N–H and O–H groups in total. The van der Waals surface area contributed by atoms with Gasteiger partial charge in [-0.3, -0.25) is 14.9 Å². The molecule has 2 aromatic carbocycles. The number of ether oxygens (including phenoxy) is 1. The lowest BCUT2D eigenvalue weighted by Crippen LogP contribution is -2.12. The molecule has 1 saturated carbocycles. The second-order valence-corrected chi connectivity index (χ2v) is 6.58. The fraction of sp³-hybridized carbons (Fsp3) is 0.263. The van der Waals surface area contributed by atoms with Crippen LogP contribution in [-0.4, -0.2) is 37.6 Å². The number of nitrogens with one attached hydrogen (secondary N) is 1. The molecule has 3 aromatic rings. The van der Waals surface area contributed by atoms with E-state index in [0.717, 1.165) is 18.4 Å². The highest BCUT2D eigenvalue weighted by atomic mass is 16.6. The van der Waals surface area contributed by atoms with Crippen LogP contribution < -0.4 is 10.1 Å². The molecular weight excluding hydrogens is 376 g/mol. The van der Waals surface area contributed by atoms with E-state index in [4.69, 9.17) is 4.74 Å². The third-order valence-corrected chi connectivity index (χ3v) is 4.50. The number of hydrogen-bond donors (Lipinski definition) is 1. The smallest absolute Gasteiger partial charge is 0.311 e. The molecule has 0 spiro atoms. The molecule has 0 bridgehead atoms. The number of benzene rings is 2. The SMILES string of the molecule is CCOc1ccc(C(=O)Nc2ccc(-c3nnnn3C3CC3)cc2)cc1[N+](=O)[O-]. The van der Waals surface area contributed by atoms with E-state index >= 15 is 0 Å². The molecule has 1 amide bonds. The van der Waals surface area contributed by atoms with Crippen molar-refractivity contribution in [3.63, 3.8) is 0 Å². The molecule has 10 heteroatoms. The van der Waals surface area contributed by atoms with E-state index in [1.54, 1.807) is 19.1 Å². The van der Waals surface area contributed by atoms with Crippen molar-refractivity contribution in [2.24, 2.45) is 0 Å². The second kappa shape index (κ2) is 7.66. The molecule has 1 aromatic heterocycles. The van der Waals surface area contributed by atoms with Crippen LogP contribution in [0.5, 0.6) is 5.75 Å². The van der Waals surface area contributed by atoms with Gasteiger partial charge in [0, 0.05) is 22.9 Å². The van der Waals surface area contributed by atoms with E-state index in [9.17, 15) is 14.9 Å². The lowest BCUT2D eigenvalue weighted by Gasteiger charge is -2.08. The van der Waals surface area contributed by atoms with Crippen LogP contribution in [0.3, 0.4) is 0 Å². The molecule has 148 valence electrons. The second-order valence-electron chi connectivity index (χ2n) is 6.58. The fourth-order valence-electron chi connectivity index (χ4n) is 2.93. The highest BCUT2D eigenvalue weighted by Gasteiger charge is 2.28. The molecular formula is C19H18N6O4. The summed E-state index contributed by atoms with van der Waals surface area (Å²) in [5.74, 6) is 0.367. The van der Waals surface area contributed by atoms with Crippen LogP contribution in [0.2, 0.25) is 0 Å². The Bertz CT molecular complexity index is 1060. The van der Waals surface area contributed by atoms with Gasteiger partial charge in [0.1, 0.15) is 0 Å². The maximum Gasteiger partial charge on any atom is 0.311 e. The number of aromatic nitrogens is 4. The predicted molar refractivity (Wildman–Crippen MR) is 104 cm³/mol. The molecule has 0 unspecified atom stereocenters.